The maximum absolute atomic E-state index is 12.6. The maximum atomic E-state index is 12.6. The highest BCUT2D eigenvalue weighted by Crippen LogP contribution is 2.35. The fourth-order valence-electron chi connectivity index (χ4n) is 3.64. The molecule has 2 fully saturated rings. The van der Waals surface area contributed by atoms with Crippen molar-refractivity contribution < 1.29 is 9.21 Å². The molecule has 4 rings (SSSR count). The van der Waals surface area contributed by atoms with Crippen LogP contribution in [0.3, 0.4) is 0 Å². The van der Waals surface area contributed by atoms with Gasteiger partial charge in [0.15, 0.2) is 0 Å². The predicted octanol–water partition coefficient (Wildman–Crippen LogP) is 2.08. The summed E-state index contributed by atoms with van der Waals surface area (Å²) < 4.78 is 5.10. The fraction of sp³-hybridized carbons (Fsp3) is 0.412. The van der Waals surface area contributed by atoms with Crippen LogP contribution in [-0.2, 0) is 11.3 Å². The number of hydrogen-bond donors (Lipinski definition) is 0. The van der Waals surface area contributed by atoms with E-state index in [1.165, 1.54) is 0 Å². The molecule has 22 heavy (non-hydrogen) atoms. The summed E-state index contributed by atoms with van der Waals surface area (Å²) in [5.41, 5.74) is 3.00. The first kappa shape index (κ1) is 13.5. The standard InChI is InChI=1S/C17H19N3O2/c1-12-3-2-4-14(18-12)9-19-7-13-8-20(15-5-6-22-11-15)17(21)16(13)10-19/h2-6,11,13,16H,7-10H2,1H3/t13-,16-/m1/s1. The molecule has 0 aromatic carbocycles. The minimum atomic E-state index is 0.111. The minimum absolute atomic E-state index is 0.111. The zero-order valence-electron chi connectivity index (χ0n) is 12.6. The van der Waals surface area contributed by atoms with Gasteiger partial charge in [-0.05, 0) is 19.1 Å². The topological polar surface area (TPSA) is 49.6 Å². The van der Waals surface area contributed by atoms with Gasteiger partial charge in [-0.2, -0.15) is 0 Å². The number of pyridine rings is 1. The Morgan fingerprint density at radius 2 is 2.18 bits per heavy atom. The van der Waals surface area contributed by atoms with Crippen LogP contribution in [0, 0.1) is 18.8 Å². The number of amides is 1. The van der Waals surface area contributed by atoms with Crippen molar-refractivity contribution in [3.8, 4) is 0 Å². The number of hydrogen-bond acceptors (Lipinski definition) is 4. The molecule has 0 aliphatic carbocycles. The van der Waals surface area contributed by atoms with Crippen LogP contribution < -0.4 is 4.90 Å². The van der Waals surface area contributed by atoms with Gasteiger partial charge in [0.2, 0.25) is 5.91 Å². The number of aromatic nitrogens is 1. The molecule has 1 amide bonds. The molecule has 0 bridgehead atoms. The van der Waals surface area contributed by atoms with Gasteiger partial charge in [0.25, 0.3) is 0 Å². The molecule has 0 radical (unpaired) electrons. The highest BCUT2D eigenvalue weighted by molar-refractivity contribution is 5.97. The van der Waals surface area contributed by atoms with Gasteiger partial charge in [0.05, 0.1) is 23.6 Å². The zero-order valence-corrected chi connectivity index (χ0v) is 12.6. The lowest BCUT2D eigenvalue weighted by Gasteiger charge is -2.20. The molecule has 2 aromatic heterocycles. The third-order valence-corrected chi connectivity index (χ3v) is 4.67. The molecule has 5 heteroatoms. The second-order valence-corrected chi connectivity index (χ2v) is 6.26. The number of nitrogens with zero attached hydrogens (tertiary/aromatic N) is 3. The van der Waals surface area contributed by atoms with Gasteiger partial charge in [0, 0.05) is 43.9 Å². The summed E-state index contributed by atoms with van der Waals surface area (Å²) in [7, 11) is 0. The Bertz CT molecular complexity index is 683. The lowest BCUT2D eigenvalue weighted by molar-refractivity contribution is -0.120. The van der Waals surface area contributed by atoms with Gasteiger partial charge in [-0.3, -0.25) is 14.7 Å². The Hall–Kier alpha value is -2.14. The molecule has 2 saturated heterocycles. The third kappa shape index (κ3) is 2.31. The molecule has 0 saturated carbocycles. The Kier molecular flexibility index (Phi) is 3.22. The SMILES string of the molecule is Cc1cccc(CN2C[C@@H]3CN(c4ccoc4)C(=O)[C@@H]3C2)n1. The molecule has 5 nitrogen and oxygen atoms in total. The molecular formula is C17H19N3O2. The molecule has 4 heterocycles. The van der Waals surface area contributed by atoms with Crippen LogP contribution in [0.4, 0.5) is 5.69 Å². The first-order valence-corrected chi connectivity index (χ1v) is 7.69. The lowest BCUT2D eigenvalue weighted by atomic mass is 10.0. The van der Waals surface area contributed by atoms with Crippen LogP contribution in [0.25, 0.3) is 0 Å². The summed E-state index contributed by atoms with van der Waals surface area (Å²) in [6.45, 7) is 5.41. The number of rotatable bonds is 3. The molecule has 0 unspecified atom stereocenters. The van der Waals surface area contributed by atoms with Crippen molar-refractivity contribution in [2.24, 2.45) is 11.8 Å². The highest BCUT2D eigenvalue weighted by Gasteiger charge is 2.46. The number of aryl methyl sites for hydroxylation is 1. The summed E-state index contributed by atoms with van der Waals surface area (Å²) in [4.78, 5) is 21.3. The van der Waals surface area contributed by atoms with Gasteiger partial charge in [-0.25, -0.2) is 0 Å². The number of carbonyl (C=O) groups is 1. The third-order valence-electron chi connectivity index (χ3n) is 4.67. The summed E-state index contributed by atoms with van der Waals surface area (Å²) in [6, 6.07) is 7.96. The smallest absolute Gasteiger partial charge is 0.231 e. The Balaban J connectivity index is 1.43. The molecule has 2 aliphatic rings. The van der Waals surface area contributed by atoms with Crippen molar-refractivity contribution in [3.05, 3.63) is 48.2 Å². The molecule has 0 N–H and O–H groups in total. The number of carbonyl (C=O) groups excluding carboxylic acids is 1. The second-order valence-electron chi connectivity index (χ2n) is 6.26. The van der Waals surface area contributed by atoms with Gasteiger partial charge in [-0.15, -0.1) is 0 Å². The fourth-order valence-corrected chi connectivity index (χ4v) is 3.64. The van der Waals surface area contributed by atoms with E-state index < -0.39 is 0 Å². The van der Waals surface area contributed by atoms with Crippen LogP contribution in [-0.4, -0.2) is 35.4 Å². The van der Waals surface area contributed by atoms with Crippen molar-refractivity contribution in [1.82, 2.24) is 9.88 Å². The van der Waals surface area contributed by atoms with Crippen LogP contribution in [0.15, 0.2) is 41.2 Å². The molecule has 2 atom stereocenters. The summed E-state index contributed by atoms with van der Waals surface area (Å²) >= 11 is 0. The van der Waals surface area contributed by atoms with E-state index in [2.05, 4.69) is 16.0 Å². The van der Waals surface area contributed by atoms with Crippen molar-refractivity contribution in [3.63, 3.8) is 0 Å². The predicted molar refractivity (Wildman–Crippen MR) is 82.3 cm³/mol. The number of anilines is 1. The van der Waals surface area contributed by atoms with E-state index in [9.17, 15) is 4.79 Å². The van der Waals surface area contributed by atoms with Gasteiger partial charge in [-0.1, -0.05) is 6.07 Å². The molecule has 2 aliphatic heterocycles. The largest absolute Gasteiger partial charge is 0.470 e. The summed E-state index contributed by atoms with van der Waals surface area (Å²) in [5, 5.41) is 0. The Morgan fingerprint density at radius 1 is 1.27 bits per heavy atom. The van der Waals surface area contributed by atoms with E-state index in [-0.39, 0.29) is 11.8 Å². The van der Waals surface area contributed by atoms with Crippen LogP contribution >= 0.6 is 0 Å². The van der Waals surface area contributed by atoms with Gasteiger partial charge in [0.1, 0.15) is 6.26 Å². The van der Waals surface area contributed by atoms with Gasteiger partial charge >= 0.3 is 0 Å². The van der Waals surface area contributed by atoms with E-state index in [1.807, 2.05) is 30.0 Å². The number of fused-ring (bicyclic) bond motifs is 1. The van der Waals surface area contributed by atoms with E-state index >= 15 is 0 Å². The van der Waals surface area contributed by atoms with Crippen molar-refractivity contribution in [1.29, 1.82) is 0 Å². The second kappa shape index (κ2) is 5.25. The monoisotopic (exact) mass is 297 g/mol. The quantitative estimate of drug-likeness (QED) is 0.870. The minimum Gasteiger partial charge on any atom is -0.470 e. The summed E-state index contributed by atoms with van der Waals surface area (Å²) in [5.74, 6) is 0.748. The average Bonchev–Trinajstić information content (AvgIpc) is 3.17. The van der Waals surface area contributed by atoms with Crippen LogP contribution in [0.1, 0.15) is 11.4 Å². The average molecular weight is 297 g/mol. The van der Waals surface area contributed by atoms with E-state index in [0.29, 0.717) is 5.92 Å². The van der Waals surface area contributed by atoms with Crippen molar-refractivity contribution >= 4 is 11.6 Å². The van der Waals surface area contributed by atoms with Crippen LogP contribution in [0.5, 0.6) is 0 Å². The van der Waals surface area contributed by atoms with E-state index in [0.717, 1.165) is 43.3 Å². The molecular weight excluding hydrogens is 278 g/mol. The van der Waals surface area contributed by atoms with Crippen molar-refractivity contribution in [2.45, 2.75) is 13.5 Å². The number of furan rings is 1. The Morgan fingerprint density at radius 3 is 2.91 bits per heavy atom. The zero-order chi connectivity index (χ0) is 15.1. The van der Waals surface area contributed by atoms with Gasteiger partial charge < -0.3 is 9.32 Å². The summed E-state index contributed by atoms with van der Waals surface area (Å²) in [6.07, 6.45) is 3.26. The maximum Gasteiger partial charge on any atom is 0.231 e. The lowest BCUT2D eigenvalue weighted by Crippen LogP contribution is -2.32. The van der Waals surface area contributed by atoms with Crippen molar-refractivity contribution in [2.75, 3.05) is 24.5 Å². The first-order valence-electron chi connectivity index (χ1n) is 7.69. The van der Waals surface area contributed by atoms with E-state index in [4.69, 9.17) is 4.42 Å². The normalized spacial score (nSPS) is 25.0. The molecule has 2 aromatic rings. The molecule has 0 spiro atoms. The first-order chi connectivity index (χ1) is 10.7. The number of likely N-dealkylation sites (tertiary alicyclic amines) is 1. The van der Waals surface area contributed by atoms with Crippen LogP contribution in [0.2, 0.25) is 0 Å². The van der Waals surface area contributed by atoms with E-state index in [1.54, 1.807) is 12.5 Å². The Labute approximate surface area is 129 Å². The molecule has 114 valence electrons. The highest BCUT2D eigenvalue weighted by atomic mass is 16.3.